The average molecular weight is 411 g/mol. The van der Waals surface area contributed by atoms with Crippen LogP contribution in [0.15, 0.2) is 22.3 Å². The second-order valence-corrected chi connectivity index (χ2v) is 6.47. The standard InChI is InChI=1S/C16H17N3O8S/c1-25-9-3-8(4-10(26-2)14(9)27-7-13(22)23)6-17-19-16-18-15(24)11(28-16)5-12(20)21/h3-4,6,11H,5,7H2,1-2H3,(H,20,21)(H,22,23)(H,18,19,24). The number of carbonyl (C=O) groups excluding carboxylic acids is 1. The van der Waals surface area contributed by atoms with Crippen molar-refractivity contribution in [3.8, 4) is 17.2 Å². The number of carbonyl (C=O) groups is 3. The fraction of sp³-hybridized carbons (Fsp3) is 0.312. The zero-order valence-electron chi connectivity index (χ0n) is 14.9. The summed E-state index contributed by atoms with van der Waals surface area (Å²) in [6.07, 6.45) is 1.04. The minimum atomic E-state index is -1.15. The maximum absolute atomic E-state index is 11.7. The molecule has 1 aliphatic heterocycles. The van der Waals surface area contributed by atoms with Crippen molar-refractivity contribution < 1.29 is 38.8 Å². The number of nitrogens with one attached hydrogen (secondary N) is 1. The van der Waals surface area contributed by atoms with Gasteiger partial charge in [-0.05, 0) is 12.1 Å². The molecule has 1 fully saturated rings. The number of thioether (sulfide) groups is 1. The molecule has 1 amide bonds. The van der Waals surface area contributed by atoms with Gasteiger partial charge < -0.3 is 29.7 Å². The van der Waals surface area contributed by atoms with Crippen molar-refractivity contribution in [2.45, 2.75) is 11.7 Å². The van der Waals surface area contributed by atoms with Crippen molar-refractivity contribution in [1.82, 2.24) is 5.32 Å². The molecule has 1 aromatic rings. The SMILES string of the molecule is COc1cc(C=NN=C2NC(=O)C(CC(=O)O)S2)cc(OC)c1OCC(=O)O. The number of carboxylic acids is 2. The molecular formula is C16H17N3O8S. The van der Waals surface area contributed by atoms with Crippen LogP contribution in [-0.2, 0) is 14.4 Å². The summed E-state index contributed by atoms with van der Waals surface area (Å²) in [7, 11) is 2.77. The summed E-state index contributed by atoms with van der Waals surface area (Å²) in [6.45, 7) is -0.567. The maximum atomic E-state index is 11.7. The van der Waals surface area contributed by atoms with E-state index in [1.807, 2.05) is 0 Å². The third-order valence-electron chi connectivity index (χ3n) is 3.31. The molecule has 1 aliphatic rings. The summed E-state index contributed by atoms with van der Waals surface area (Å²) in [4.78, 5) is 33.1. The Hall–Kier alpha value is -3.28. The molecule has 1 atom stereocenters. The predicted molar refractivity (Wildman–Crippen MR) is 99.5 cm³/mol. The molecule has 0 aromatic heterocycles. The molecular weight excluding hydrogens is 394 g/mol. The van der Waals surface area contributed by atoms with Crippen LogP contribution in [0, 0.1) is 0 Å². The minimum absolute atomic E-state index is 0.131. The lowest BCUT2D eigenvalue weighted by molar-refractivity contribution is -0.139. The van der Waals surface area contributed by atoms with Crippen LogP contribution in [0.3, 0.4) is 0 Å². The molecule has 150 valence electrons. The van der Waals surface area contributed by atoms with E-state index in [0.29, 0.717) is 5.56 Å². The summed E-state index contributed by atoms with van der Waals surface area (Å²) >= 11 is 0.979. The number of amides is 1. The van der Waals surface area contributed by atoms with Crippen molar-refractivity contribution in [2.24, 2.45) is 10.2 Å². The Morgan fingerprint density at radius 1 is 1.21 bits per heavy atom. The molecule has 1 heterocycles. The first-order valence-electron chi connectivity index (χ1n) is 7.75. The van der Waals surface area contributed by atoms with E-state index in [2.05, 4.69) is 15.5 Å². The van der Waals surface area contributed by atoms with Gasteiger partial charge in [-0.25, -0.2) is 4.79 Å². The number of carboxylic acid groups (broad SMARTS) is 2. The van der Waals surface area contributed by atoms with Crippen molar-refractivity contribution in [3.05, 3.63) is 17.7 Å². The highest BCUT2D eigenvalue weighted by atomic mass is 32.2. The largest absolute Gasteiger partial charge is 0.493 e. The van der Waals surface area contributed by atoms with Crippen molar-refractivity contribution >= 4 is 41.0 Å². The third-order valence-corrected chi connectivity index (χ3v) is 4.39. The normalized spacial score (nSPS) is 17.6. The molecule has 0 radical (unpaired) electrons. The second kappa shape index (κ2) is 9.60. The van der Waals surface area contributed by atoms with Crippen molar-refractivity contribution in [2.75, 3.05) is 20.8 Å². The number of hydrogen-bond acceptors (Lipinski definition) is 9. The fourth-order valence-electron chi connectivity index (χ4n) is 2.14. The first-order chi connectivity index (χ1) is 13.3. The van der Waals surface area contributed by atoms with E-state index in [9.17, 15) is 14.4 Å². The van der Waals surface area contributed by atoms with Gasteiger partial charge in [0.1, 0.15) is 5.25 Å². The fourth-order valence-corrected chi connectivity index (χ4v) is 3.06. The van der Waals surface area contributed by atoms with Gasteiger partial charge in [-0.3, -0.25) is 9.59 Å². The Balaban J connectivity index is 2.16. The molecule has 11 nitrogen and oxygen atoms in total. The van der Waals surface area contributed by atoms with E-state index in [-0.39, 0.29) is 28.8 Å². The summed E-state index contributed by atoms with van der Waals surface area (Å²) < 4.78 is 15.6. The molecule has 0 bridgehead atoms. The summed E-state index contributed by atoms with van der Waals surface area (Å²) in [5.41, 5.74) is 0.511. The third kappa shape index (κ3) is 5.61. The lowest BCUT2D eigenvalue weighted by atomic mass is 10.2. The first kappa shape index (κ1) is 21.0. The quantitative estimate of drug-likeness (QED) is 0.390. The van der Waals surface area contributed by atoms with E-state index >= 15 is 0 Å². The number of aliphatic carboxylic acids is 2. The highest BCUT2D eigenvalue weighted by Gasteiger charge is 2.32. The average Bonchev–Trinajstić information content (AvgIpc) is 2.98. The first-order valence-corrected chi connectivity index (χ1v) is 8.63. The van der Waals surface area contributed by atoms with E-state index < -0.39 is 29.7 Å². The predicted octanol–water partition coefficient (Wildman–Crippen LogP) is 0.563. The Labute approximate surface area is 163 Å². The number of rotatable bonds is 9. The van der Waals surface area contributed by atoms with Gasteiger partial charge in [-0.15, -0.1) is 5.10 Å². The summed E-state index contributed by atoms with van der Waals surface area (Å²) in [6, 6.07) is 3.08. The van der Waals surface area contributed by atoms with Crippen LogP contribution in [0.2, 0.25) is 0 Å². The van der Waals surface area contributed by atoms with Crippen LogP contribution in [0.4, 0.5) is 0 Å². The van der Waals surface area contributed by atoms with Gasteiger partial charge in [-0.1, -0.05) is 11.8 Å². The lowest BCUT2D eigenvalue weighted by Crippen LogP contribution is -2.26. The Morgan fingerprint density at radius 2 is 1.86 bits per heavy atom. The van der Waals surface area contributed by atoms with Gasteiger partial charge in [0.2, 0.25) is 11.7 Å². The Bertz CT molecular complexity index is 814. The Kier molecular flexibility index (Phi) is 7.21. The van der Waals surface area contributed by atoms with Crippen LogP contribution in [0.5, 0.6) is 17.2 Å². The number of hydrogen-bond donors (Lipinski definition) is 3. The smallest absolute Gasteiger partial charge is 0.341 e. The molecule has 3 N–H and O–H groups in total. The van der Waals surface area contributed by atoms with Crippen molar-refractivity contribution in [3.63, 3.8) is 0 Å². The highest BCUT2D eigenvalue weighted by molar-refractivity contribution is 8.15. The van der Waals surface area contributed by atoms with Gasteiger partial charge in [0, 0.05) is 5.56 Å². The Morgan fingerprint density at radius 3 is 2.39 bits per heavy atom. The van der Waals surface area contributed by atoms with Crippen molar-refractivity contribution in [1.29, 1.82) is 0 Å². The zero-order chi connectivity index (χ0) is 20.7. The molecule has 0 aliphatic carbocycles. The topological polar surface area (TPSA) is 156 Å². The number of benzene rings is 1. The maximum Gasteiger partial charge on any atom is 0.341 e. The second-order valence-electron chi connectivity index (χ2n) is 5.28. The molecule has 2 rings (SSSR count). The summed E-state index contributed by atoms with van der Waals surface area (Å²) in [5.74, 6) is -2.07. The van der Waals surface area contributed by atoms with Crippen LogP contribution in [-0.4, -0.2) is 65.5 Å². The number of ether oxygens (including phenoxy) is 3. The van der Waals surface area contributed by atoms with Gasteiger partial charge in [0.05, 0.1) is 26.9 Å². The number of nitrogens with zero attached hydrogens (tertiary/aromatic N) is 2. The van der Waals surface area contributed by atoms with E-state index in [1.165, 1.54) is 32.6 Å². The van der Waals surface area contributed by atoms with E-state index in [4.69, 9.17) is 24.4 Å². The molecule has 12 heteroatoms. The minimum Gasteiger partial charge on any atom is -0.493 e. The van der Waals surface area contributed by atoms with Crippen LogP contribution in [0.1, 0.15) is 12.0 Å². The van der Waals surface area contributed by atoms with Gasteiger partial charge in [0.25, 0.3) is 0 Å². The molecule has 1 saturated heterocycles. The lowest BCUT2D eigenvalue weighted by Gasteiger charge is -2.14. The summed E-state index contributed by atoms with van der Waals surface area (Å²) in [5, 5.41) is 27.1. The molecule has 0 saturated carbocycles. The molecule has 1 unspecified atom stereocenters. The van der Waals surface area contributed by atoms with E-state index in [0.717, 1.165) is 11.8 Å². The molecule has 28 heavy (non-hydrogen) atoms. The molecule has 0 spiro atoms. The van der Waals surface area contributed by atoms with Crippen LogP contribution in [0.25, 0.3) is 0 Å². The molecule has 1 aromatic carbocycles. The van der Waals surface area contributed by atoms with Gasteiger partial charge in [-0.2, -0.15) is 5.10 Å². The van der Waals surface area contributed by atoms with Gasteiger partial charge >= 0.3 is 11.9 Å². The van der Waals surface area contributed by atoms with Gasteiger partial charge in [0.15, 0.2) is 23.3 Å². The monoisotopic (exact) mass is 411 g/mol. The highest BCUT2D eigenvalue weighted by Crippen LogP contribution is 2.38. The zero-order valence-corrected chi connectivity index (χ0v) is 15.7. The number of methoxy groups -OCH3 is 2. The number of amidine groups is 1. The van der Waals surface area contributed by atoms with Crippen LogP contribution < -0.4 is 19.5 Å². The van der Waals surface area contributed by atoms with Crippen LogP contribution >= 0.6 is 11.8 Å². The van der Waals surface area contributed by atoms with E-state index in [1.54, 1.807) is 0 Å².